The maximum Gasteiger partial charge on any atom is 0.115 e. The number of likely N-dealkylation sites (tertiary alicyclic amines) is 1. The molecule has 1 heterocycles. The Morgan fingerprint density at radius 1 is 1.28 bits per heavy atom. The van der Waals surface area contributed by atoms with E-state index in [2.05, 4.69) is 25.7 Å². The molecule has 0 aliphatic carbocycles. The Labute approximate surface area is 111 Å². The van der Waals surface area contributed by atoms with E-state index in [1.165, 1.54) is 31.4 Å². The average molecular weight is 247 g/mol. The van der Waals surface area contributed by atoms with E-state index in [1.807, 2.05) is 12.1 Å². The third-order valence-corrected chi connectivity index (χ3v) is 4.28. The second-order valence-electron chi connectivity index (χ2n) is 6.16. The highest BCUT2D eigenvalue weighted by Crippen LogP contribution is 2.31. The Hall–Kier alpha value is -1.02. The molecule has 100 valence electrons. The molecule has 1 fully saturated rings. The zero-order chi connectivity index (χ0) is 13.2. The molecule has 0 radical (unpaired) electrons. The highest BCUT2D eigenvalue weighted by Gasteiger charge is 2.34. The fourth-order valence-electron chi connectivity index (χ4n) is 3.14. The highest BCUT2D eigenvalue weighted by molar-refractivity contribution is 5.25. The van der Waals surface area contributed by atoms with Gasteiger partial charge in [-0.05, 0) is 70.7 Å². The Kier molecular flexibility index (Phi) is 3.96. The van der Waals surface area contributed by atoms with Gasteiger partial charge in [0, 0.05) is 11.6 Å². The minimum absolute atomic E-state index is 0.354. The van der Waals surface area contributed by atoms with Gasteiger partial charge in [0.25, 0.3) is 0 Å². The normalized spacial score (nSPS) is 21.1. The van der Waals surface area contributed by atoms with Crippen LogP contribution >= 0.6 is 0 Å². The fraction of sp³-hybridized carbons (Fsp3) is 0.625. The molecule has 1 aromatic carbocycles. The molecule has 1 N–H and O–H groups in total. The molecule has 1 aliphatic heterocycles. The van der Waals surface area contributed by atoms with Gasteiger partial charge in [0.1, 0.15) is 5.75 Å². The molecule has 1 aliphatic rings. The zero-order valence-corrected chi connectivity index (χ0v) is 11.8. The van der Waals surface area contributed by atoms with E-state index in [1.54, 1.807) is 12.1 Å². The van der Waals surface area contributed by atoms with Crippen LogP contribution in [-0.2, 0) is 6.42 Å². The summed E-state index contributed by atoms with van der Waals surface area (Å²) < 4.78 is 0. The molecule has 0 spiro atoms. The Morgan fingerprint density at radius 2 is 1.94 bits per heavy atom. The van der Waals surface area contributed by atoms with Gasteiger partial charge >= 0.3 is 0 Å². The average Bonchev–Trinajstić information content (AvgIpc) is 2.68. The summed E-state index contributed by atoms with van der Waals surface area (Å²) >= 11 is 0. The van der Waals surface area contributed by atoms with Crippen molar-refractivity contribution in [2.45, 2.75) is 58.0 Å². The predicted molar refractivity (Wildman–Crippen MR) is 75.9 cm³/mol. The number of rotatable bonds is 4. The first kappa shape index (κ1) is 13.4. The summed E-state index contributed by atoms with van der Waals surface area (Å²) in [7, 11) is 0. The van der Waals surface area contributed by atoms with Crippen molar-refractivity contribution >= 4 is 0 Å². The molecule has 1 aromatic rings. The Bertz CT molecular complexity index is 383. The summed E-state index contributed by atoms with van der Waals surface area (Å²) in [4.78, 5) is 2.65. The van der Waals surface area contributed by atoms with Gasteiger partial charge in [-0.1, -0.05) is 12.1 Å². The van der Waals surface area contributed by atoms with Crippen molar-refractivity contribution in [2.24, 2.45) is 0 Å². The van der Waals surface area contributed by atoms with E-state index in [0.717, 1.165) is 6.42 Å². The first-order valence-corrected chi connectivity index (χ1v) is 7.04. The number of hydrogen-bond acceptors (Lipinski definition) is 2. The second-order valence-corrected chi connectivity index (χ2v) is 6.16. The standard InChI is InChI=1S/C16H25NO/c1-13(17-12-4-11-16(17,2)3)5-6-14-7-9-15(18)10-8-14/h7-10,13,18H,4-6,11-12H2,1-3H3. The van der Waals surface area contributed by atoms with Crippen LogP contribution in [0.5, 0.6) is 5.75 Å². The van der Waals surface area contributed by atoms with E-state index in [-0.39, 0.29) is 0 Å². The third-order valence-electron chi connectivity index (χ3n) is 4.28. The van der Waals surface area contributed by atoms with Crippen molar-refractivity contribution in [2.75, 3.05) is 6.54 Å². The van der Waals surface area contributed by atoms with E-state index >= 15 is 0 Å². The van der Waals surface area contributed by atoms with Crippen LogP contribution in [0.1, 0.15) is 45.6 Å². The molecule has 2 rings (SSSR count). The Balaban J connectivity index is 1.88. The molecule has 1 saturated heterocycles. The van der Waals surface area contributed by atoms with Gasteiger partial charge < -0.3 is 5.11 Å². The van der Waals surface area contributed by atoms with Gasteiger partial charge in [0.2, 0.25) is 0 Å². The Morgan fingerprint density at radius 3 is 2.50 bits per heavy atom. The van der Waals surface area contributed by atoms with Crippen LogP contribution in [0.4, 0.5) is 0 Å². The number of phenols is 1. The smallest absolute Gasteiger partial charge is 0.115 e. The lowest BCUT2D eigenvalue weighted by Crippen LogP contribution is -2.44. The van der Waals surface area contributed by atoms with Crippen LogP contribution in [-0.4, -0.2) is 28.1 Å². The molecular formula is C16H25NO. The number of phenolic OH excluding ortho intramolecular Hbond substituents is 1. The van der Waals surface area contributed by atoms with Gasteiger partial charge in [-0.25, -0.2) is 0 Å². The third kappa shape index (κ3) is 3.05. The number of aryl methyl sites for hydroxylation is 1. The topological polar surface area (TPSA) is 23.5 Å². The van der Waals surface area contributed by atoms with Crippen molar-refractivity contribution in [3.8, 4) is 5.75 Å². The van der Waals surface area contributed by atoms with Gasteiger partial charge in [0.05, 0.1) is 0 Å². The first-order chi connectivity index (χ1) is 8.49. The lowest BCUT2D eigenvalue weighted by molar-refractivity contribution is 0.119. The van der Waals surface area contributed by atoms with E-state index in [0.29, 0.717) is 17.3 Å². The number of hydrogen-bond donors (Lipinski definition) is 1. The lowest BCUT2D eigenvalue weighted by atomic mass is 9.98. The first-order valence-electron chi connectivity index (χ1n) is 7.04. The number of nitrogens with zero attached hydrogens (tertiary/aromatic N) is 1. The van der Waals surface area contributed by atoms with E-state index in [9.17, 15) is 5.11 Å². The van der Waals surface area contributed by atoms with Crippen molar-refractivity contribution in [3.63, 3.8) is 0 Å². The monoisotopic (exact) mass is 247 g/mol. The zero-order valence-electron chi connectivity index (χ0n) is 11.8. The van der Waals surface area contributed by atoms with Crippen LogP contribution in [0, 0.1) is 0 Å². The van der Waals surface area contributed by atoms with Crippen molar-refractivity contribution in [1.29, 1.82) is 0 Å². The quantitative estimate of drug-likeness (QED) is 0.879. The van der Waals surface area contributed by atoms with Gasteiger partial charge in [-0.2, -0.15) is 0 Å². The molecule has 2 nitrogen and oxygen atoms in total. The van der Waals surface area contributed by atoms with Crippen LogP contribution in [0.3, 0.4) is 0 Å². The summed E-state index contributed by atoms with van der Waals surface area (Å²) in [6.07, 6.45) is 4.93. The molecule has 2 heteroatoms. The van der Waals surface area contributed by atoms with Crippen LogP contribution < -0.4 is 0 Å². The fourth-order valence-corrected chi connectivity index (χ4v) is 3.14. The summed E-state index contributed by atoms with van der Waals surface area (Å²) in [6.45, 7) is 8.30. The SMILES string of the molecule is CC(CCc1ccc(O)cc1)N1CCCC1(C)C. The van der Waals surface area contributed by atoms with Crippen molar-refractivity contribution in [1.82, 2.24) is 4.90 Å². The maximum atomic E-state index is 9.27. The van der Waals surface area contributed by atoms with Crippen LogP contribution in [0.15, 0.2) is 24.3 Å². The van der Waals surface area contributed by atoms with Gasteiger partial charge in [-0.3, -0.25) is 4.90 Å². The highest BCUT2D eigenvalue weighted by atomic mass is 16.3. The largest absolute Gasteiger partial charge is 0.508 e. The van der Waals surface area contributed by atoms with E-state index in [4.69, 9.17) is 0 Å². The van der Waals surface area contributed by atoms with Crippen molar-refractivity contribution in [3.05, 3.63) is 29.8 Å². The summed E-state index contributed by atoms with van der Waals surface area (Å²) in [5.41, 5.74) is 1.69. The minimum atomic E-state index is 0.354. The van der Waals surface area contributed by atoms with Crippen LogP contribution in [0.2, 0.25) is 0 Å². The summed E-state index contributed by atoms with van der Waals surface area (Å²) in [5, 5.41) is 9.27. The number of aromatic hydroxyl groups is 1. The van der Waals surface area contributed by atoms with Crippen LogP contribution in [0.25, 0.3) is 0 Å². The van der Waals surface area contributed by atoms with E-state index < -0.39 is 0 Å². The molecule has 18 heavy (non-hydrogen) atoms. The summed E-state index contributed by atoms with van der Waals surface area (Å²) in [6, 6.07) is 8.24. The molecule has 0 bridgehead atoms. The van der Waals surface area contributed by atoms with Gasteiger partial charge in [0.15, 0.2) is 0 Å². The molecule has 1 unspecified atom stereocenters. The van der Waals surface area contributed by atoms with Gasteiger partial charge in [-0.15, -0.1) is 0 Å². The molecule has 0 aromatic heterocycles. The second kappa shape index (κ2) is 5.31. The predicted octanol–water partition coefficient (Wildman–Crippen LogP) is 3.59. The molecule has 1 atom stereocenters. The minimum Gasteiger partial charge on any atom is -0.508 e. The maximum absolute atomic E-state index is 9.27. The number of benzene rings is 1. The summed E-state index contributed by atoms with van der Waals surface area (Å²) in [5.74, 6) is 0.354. The molecular weight excluding hydrogens is 222 g/mol. The molecule has 0 amide bonds. The molecule has 0 saturated carbocycles. The lowest BCUT2D eigenvalue weighted by Gasteiger charge is -2.36. The van der Waals surface area contributed by atoms with Crippen molar-refractivity contribution < 1.29 is 5.11 Å².